The molecule has 0 unspecified atom stereocenters. The minimum absolute atomic E-state index is 0.342. The van der Waals surface area contributed by atoms with Crippen molar-refractivity contribution in [3.8, 4) is 11.3 Å². The molecule has 2 aliphatic heterocycles. The maximum atomic E-state index is 5.37. The quantitative estimate of drug-likeness (QED) is 0.486. The molecule has 2 aliphatic rings. The number of hydrogen-bond donors (Lipinski definition) is 2. The summed E-state index contributed by atoms with van der Waals surface area (Å²) in [4.78, 5) is 16.6. The van der Waals surface area contributed by atoms with Gasteiger partial charge in [0.25, 0.3) is 0 Å². The average Bonchev–Trinajstić information content (AvgIpc) is 3.23. The summed E-state index contributed by atoms with van der Waals surface area (Å²) in [5, 5.41) is 11.6. The van der Waals surface area contributed by atoms with Crippen LogP contribution in [0.25, 0.3) is 27.8 Å². The standard InChI is InChI=1S/C24H28N8O/c1-15-12-31(16-13-33-14-16)10-8-18(15)28-24-29-23(25-2)22-17(7-11-32(22)30-24)19-5-6-20-21(27-19)4-3-9-26-20/h3-7,9,11,15-16,18H,8,10,12-14H2,1-2H3,(H2,25,28,29,30)/t15-,18+/m1/s1. The van der Waals surface area contributed by atoms with Gasteiger partial charge in [0.2, 0.25) is 5.95 Å². The van der Waals surface area contributed by atoms with Crippen LogP contribution in [0.4, 0.5) is 11.8 Å². The topological polar surface area (TPSA) is 92.5 Å². The molecule has 0 aliphatic carbocycles. The number of ether oxygens (including phenoxy) is 1. The minimum atomic E-state index is 0.342. The van der Waals surface area contributed by atoms with Gasteiger partial charge in [-0.1, -0.05) is 6.92 Å². The van der Waals surface area contributed by atoms with Crippen molar-refractivity contribution in [2.75, 3.05) is 44.0 Å². The molecule has 2 fully saturated rings. The third-order valence-corrected chi connectivity index (χ3v) is 6.87. The van der Waals surface area contributed by atoms with E-state index in [1.165, 1.54) is 0 Å². The Morgan fingerprint density at radius 3 is 2.79 bits per heavy atom. The highest BCUT2D eigenvalue weighted by Gasteiger charge is 2.33. The normalized spacial score (nSPS) is 21.9. The lowest BCUT2D eigenvalue weighted by molar-refractivity contribution is -0.0763. The zero-order valence-corrected chi connectivity index (χ0v) is 18.9. The monoisotopic (exact) mass is 444 g/mol. The van der Waals surface area contributed by atoms with Crippen molar-refractivity contribution >= 4 is 28.3 Å². The number of nitrogens with zero attached hydrogens (tertiary/aromatic N) is 6. The van der Waals surface area contributed by atoms with Gasteiger partial charge in [0.1, 0.15) is 5.52 Å². The first-order valence-electron chi connectivity index (χ1n) is 11.6. The van der Waals surface area contributed by atoms with Crippen LogP contribution < -0.4 is 10.6 Å². The van der Waals surface area contributed by atoms with Crippen molar-refractivity contribution in [3.63, 3.8) is 0 Å². The molecule has 4 aromatic heterocycles. The van der Waals surface area contributed by atoms with Gasteiger partial charge in [0.05, 0.1) is 36.0 Å². The Hall–Kier alpha value is -3.30. The number of pyridine rings is 2. The van der Waals surface area contributed by atoms with Gasteiger partial charge in [0, 0.05) is 44.1 Å². The smallest absolute Gasteiger partial charge is 0.243 e. The van der Waals surface area contributed by atoms with Gasteiger partial charge in [-0.15, -0.1) is 5.10 Å². The van der Waals surface area contributed by atoms with Gasteiger partial charge in [-0.05, 0) is 42.7 Å². The summed E-state index contributed by atoms with van der Waals surface area (Å²) in [6, 6.07) is 10.9. The summed E-state index contributed by atoms with van der Waals surface area (Å²) in [7, 11) is 1.89. The Bertz CT molecular complexity index is 1300. The van der Waals surface area contributed by atoms with Crippen molar-refractivity contribution < 1.29 is 4.74 Å². The van der Waals surface area contributed by atoms with Gasteiger partial charge in [-0.2, -0.15) is 4.98 Å². The van der Waals surface area contributed by atoms with Crippen LogP contribution in [0.5, 0.6) is 0 Å². The summed E-state index contributed by atoms with van der Waals surface area (Å²) >= 11 is 0. The van der Waals surface area contributed by atoms with E-state index in [-0.39, 0.29) is 0 Å². The van der Waals surface area contributed by atoms with Crippen LogP contribution in [-0.4, -0.2) is 74.9 Å². The first-order chi connectivity index (χ1) is 16.2. The van der Waals surface area contributed by atoms with Crippen molar-refractivity contribution in [1.29, 1.82) is 0 Å². The van der Waals surface area contributed by atoms with Crippen LogP contribution in [0.2, 0.25) is 0 Å². The van der Waals surface area contributed by atoms with E-state index in [2.05, 4.69) is 27.4 Å². The summed E-state index contributed by atoms with van der Waals surface area (Å²) in [6.45, 7) is 6.19. The predicted molar refractivity (Wildman–Crippen MR) is 128 cm³/mol. The van der Waals surface area contributed by atoms with E-state index in [0.717, 1.165) is 66.3 Å². The predicted octanol–water partition coefficient (Wildman–Crippen LogP) is 2.90. The zero-order chi connectivity index (χ0) is 22.4. The fraction of sp³-hybridized carbons (Fsp3) is 0.417. The molecule has 0 saturated carbocycles. The number of likely N-dealkylation sites (tertiary alicyclic amines) is 1. The van der Waals surface area contributed by atoms with Crippen molar-refractivity contribution in [3.05, 3.63) is 42.7 Å². The summed E-state index contributed by atoms with van der Waals surface area (Å²) < 4.78 is 7.26. The van der Waals surface area contributed by atoms with Crippen molar-refractivity contribution in [1.82, 2.24) is 29.5 Å². The second-order valence-corrected chi connectivity index (χ2v) is 9.00. The largest absolute Gasteiger partial charge is 0.378 e. The van der Waals surface area contributed by atoms with E-state index in [1.54, 1.807) is 6.20 Å². The molecular weight excluding hydrogens is 416 g/mol. The molecule has 0 amide bonds. The Morgan fingerprint density at radius 2 is 2.00 bits per heavy atom. The Balaban J connectivity index is 1.28. The number of hydrogen-bond acceptors (Lipinski definition) is 8. The zero-order valence-electron chi connectivity index (χ0n) is 18.9. The molecule has 2 saturated heterocycles. The Morgan fingerprint density at radius 1 is 1.09 bits per heavy atom. The van der Waals surface area contributed by atoms with Crippen LogP contribution in [0, 0.1) is 5.92 Å². The number of anilines is 2. The third kappa shape index (κ3) is 3.67. The molecule has 4 aromatic rings. The Labute approximate surface area is 192 Å². The summed E-state index contributed by atoms with van der Waals surface area (Å²) in [5.41, 5.74) is 4.52. The first-order valence-corrected chi connectivity index (χ1v) is 11.6. The summed E-state index contributed by atoms with van der Waals surface area (Å²) in [5.74, 6) is 1.92. The lowest BCUT2D eigenvalue weighted by Gasteiger charge is -2.44. The van der Waals surface area contributed by atoms with E-state index in [0.29, 0.717) is 23.9 Å². The number of aromatic nitrogens is 5. The molecule has 0 bridgehead atoms. The minimum Gasteiger partial charge on any atom is -0.378 e. The SMILES string of the molecule is CNc1nc(N[C@H]2CCN(C3COC3)C[C@H]2C)nn2ccc(-c3ccc4ncccc4n3)c12. The van der Waals surface area contributed by atoms with Gasteiger partial charge >= 0.3 is 0 Å². The Kier molecular flexibility index (Phi) is 5.07. The van der Waals surface area contributed by atoms with E-state index < -0.39 is 0 Å². The third-order valence-electron chi connectivity index (χ3n) is 6.87. The fourth-order valence-electron chi connectivity index (χ4n) is 4.90. The van der Waals surface area contributed by atoms with Crippen molar-refractivity contribution in [2.45, 2.75) is 25.4 Å². The molecule has 0 spiro atoms. The highest BCUT2D eigenvalue weighted by molar-refractivity contribution is 5.89. The van der Waals surface area contributed by atoms with Gasteiger partial charge in [-0.25, -0.2) is 9.50 Å². The van der Waals surface area contributed by atoms with Crippen LogP contribution in [0.1, 0.15) is 13.3 Å². The van der Waals surface area contributed by atoms with Gasteiger partial charge in [-0.3, -0.25) is 9.88 Å². The van der Waals surface area contributed by atoms with Crippen molar-refractivity contribution in [2.24, 2.45) is 5.92 Å². The van der Waals surface area contributed by atoms with E-state index in [1.807, 2.05) is 48.1 Å². The molecule has 170 valence electrons. The number of rotatable bonds is 5. The maximum Gasteiger partial charge on any atom is 0.243 e. The van der Waals surface area contributed by atoms with Crippen LogP contribution in [0.15, 0.2) is 42.7 Å². The maximum absolute atomic E-state index is 5.37. The molecule has 9 nitrogen and oxygen atoms in total. The number of fused-ring (bicyclic) bond motifs is 2. The molecule has 6 rings (SSSR count). The molecule has 0 aromatic carbocycles. The lowest BCUT2D eigenvalue weighted by Crippen LogP contribution is -2.55. The lowest BCUT2D eigenvalue weighted by atomic mass is 9.92. The molecular formula is C24H28N8O. The van der Waals surface area contributed by atoms with E-state index >= 15 is 0 Å². The molecule has 2 atom stereocenters. The molecule has 6 heterocycles. The van der Waals surface area contributed by atoms with Crippen LogP contribution in [0.3, 0.4) is 0 Å². The van der Waals surface area contributed by atoms with E-state index in [9.17, 15) is 0 Å². The molecule has 33 heavy (non-hydrogen) atoms. The van der Waals surface area contributed by atoms with Crippen LogP contribution in [-0.2, 0) is 4.74 Å². The molecule has 0 radical (unpaired) electrons. The number of nitrogens with one attached hydrogen (secondary N) is 2. The second-order valence-electron chi connectivity index (χ2n) is 9.00. The highest BCUT2D eigenvalue weighted by atomic mass is 16.5. The van der Waals surface area contributed by atoms with E-state index in [4.69, 9.17) is 19.8 Å². The first kappa shape index (κ1) is 20.3. The highest BCUT2D eigenvalue weighted by Crippen LogP contribution is 2.31. The average molecular weight is 445 g/mol. The number of piperidine rings is 1. The van der Waals surface area contributed by atoms with Crippen LogP contribution >= 0.6 is 0 Å². The fourth-order valence-corrected chi connectivity index (χ4v) is 4.90. The van der Waals surface area contributed by atoms with Gasteiger partial charge < -0.3 is 15.4 Å². The second kappa shape index (κ2) is 8.24. The van der Waals surface area contributed by atoms with Gasteiger partial charge in [0.15, 0.2) is 5.82 Å². The molecule has 2 N–H and O–H groups in total. The molecule has 9 heteroatoms. The summed E-state index contributed by atoms with van der Waals surface area (Å²) in [6.07, 6.45) is 4.82.